The van der Waals surface area contributed by atoms with Crippen LogP contribution in [-0.4, -0.2) is 0 Å². The molecule has 20 aromatic carbocycles. The lowest BCUT2D eigenvalue weighted by atomic mass is 9.83. The van der Waals surface area contributed by atoms with Gasteiger partial charge in [-0.1, -0.05) is 249 Å². The zero-order valence-electron chi connectivity index (χ0n) is 51.8. The van der Waals surface area contributed by atoms with Crippen LogP contribution in [0.2, 0.25) is 0 Å². The normalized spacial score (nSPS) is 12.4. The van der Waals surface area contributed by atoms with Crippen molar-refractivity contribution in [2.24, 2.45) is 0 Å². The van der Waals surface area contributed by atoms with E-state index in [1.165, 1.54) is 174 Å². The van der Waals surface area contributed by atoms with E-state index in [4.69, 9.17) is 8.83 Å². The molecule has 96 heavy (non-hydrogen) atoms. The average molecular weight is 1210 g/mol. The van der Waals surface area contributed by atoms with Gasteiger partial charge in [0.2, 0.25) is 0 Å². The van der Waals surface area contributed by atoms with Crippen LogP contribution < -0.4 is 0 Å². The number of benzene rings is 20. The van der Waals surface area contributed by atoms with Crippen molar-refractivity contribution >= 4 is 173 Å². The summed E-state index contributed by atoms with van der Waals surface area (Å²) in [6.07, 6.45) is 0. The van der Waals surface area contributed by atoms with Gasteiger partial charge in [0, 0.05) is 21.5 Å². The summed E-state index contributed by atoms with van der Waals surface area (Å²) in [5.74, 6) is 0. The SMILES string of the molecule is c1ccc2cc3c(cc2c1)oc1ccc(-c2c4ccccc4c(-c4ccc5c6ccccc6c6cc(-c7ccc8cc9c(cc8c7)oc7ccc(-c8c%10ccccc%10c(-c%10ccc%11ccc%12cccc%13ccc%10c%11c%12%13)c%10ccccc8%10)cc79)ccc6c5c4)c4ccccc24)cc13. The zero-order valence-corrected chi connectivity index (χ0v) is 51.8. The Morgan fingerprint density at radius 3 is 1.02 bits per heavy atom. The van der Waals surface area contributed by atoms with Crippen molar-refractivity contribution in [3.63, 3.8) is 0 Å². The molecule has 2 nitrogen and oxygen atoms in total. The first-order valence-corrected chi connectivity index (χ1v) is 33.3. The third-order valence-electron chi connectivity index (χ3n) is 21.5. The van der Waals surface area contributed by atoms with Crippen LogP contribution in [0.5, 0.6) is 0 Å². The number of fused-ring (bicyclic) bond motifs is 18. The van der Waals surface area contributed by atoms with Crippen LogP contribution >= 0.6 is 0 Å². The Morgan fingerprint density at radius 2 is 0.469 bits per heavy atom. The second kappa shape index (κ2) is 19.5. The van der Waals surface area contributed by atoms with Crippen molar-refractivity contribution in [1.29, 1.82) is 0 Å². The Hall–Kier alpha value is -12.6. The summed E-state index contributed by atoms with van der Waals surface area (Å²) in [4.78, 5) is 0. The largest absolute Gasteiger partial charge is 0.456 e. The van der Waals surface area contributed by atoms with E-state index in [0.717, 1.165) is 54.8 Å². The summed E-state index contributed by atoms with van der Waals surface area (Å²) >= 11 is 0. The van der Waals surface area contributed by atoms with E-state index in [9.17, 15) is 0 Å². The van der Waals surface area contributed by atoms with Gasteiger partial charge in [0.15, 0.2) is 0 Å². The van der Waals surface area contributed by atoms with E-state index >= 15 is 0 Å². The lowest BCUT2D eigenvalue weighted by molar-refractivity contribution is 0.669. The highest BCUT2D eigenvalue weighted by Gasteiger charge is 2.24. The van der Waals surface area contributed by atoms with E-state index in [1.807, 2.05) is 0 Å². The first-order chi connectivity index (χ1) is 47.6. The molecule has 0 amide bonds. The average Bonchev–Trinajstić information content (AvgIpc) is 0.906. The molecule has 440 valence electrons. The summed E-state index contributed by atoms with van der Waals surface area (Å²) < 4.78 is 13.3. The minimum absolute atomic E-state index is 0.880. The van der Waals surface area contributed by atoms with Crippen LogP contribution in [0, 0.1) is 0 Å². The molecule has 22 aromatic rings. The lowest BCUT2D eigenvalue weighted by Crippen LogP contribution is -1.92. The van der Waals surface area contributed by atoms with Crippen LogP contribution in [-0.2, 0) is 0 Å². The van der Waals surface area contributed by atoms with Crippen molar-refractivity contribution in [2.45, 2.75) is 0 Å². The van der Waals surface area contributed by atoms with Gasteiger partial charge in [0.05, 0.1) is 0 Å². The fraction of sp³-hybridized carbons (Fsp3) is 0. The highest BCUT2D eigenvalue weighted by Crippen LogP contribution is 2.51. The molecule has 2 heteroatoms. The van der Waals surface area contributed by atoms with Gasteiger partial charge in [-0.05, 0) is 252 Å². The minimum atomic E-state index is 0.880. The Labute approximate surface area is 549 Å². The molecule has 2 heterocycles. The number of rotatable bonds is 5. The number of hydrogen-bond acceptors (Lipinski definition) is 2. The van der Waals surface area contributed by atoms with Gasteiger partial charge >= 0.3 is 0 Å². The lowest BCUT2D eigenvalue weighted by Gasteiger charge is -2.20. The maximum atomic E-state index is 6.83. The molecule has 0 bridgehead atoms. The molecule has 0 aliphatic heterocycles. The molecule has 22 rings (SSSR count). The maximum Gasteiger partial charge on any atom is 0.136 e. The minimum Gasteiger partial charge on any atom is -0.456 e. The fourth-order valence-electron chi connectivity index (χ4n) is 17.2. The molecule has 0 N–H and O–H groups in total. The maximum absolute atomic E-state index is 6.83. The van der Waals surface area contributed by atoms with Gasteiger partial charge in [-0.3, -0.25) is 0 Å². The molecule has 0 unspecified atom stereocenters. The van der Waals surface area contributed by atoms with Crippen molar-refractivity contribution < 1.29 is 8.83 Å². The monoisotopic (exact) mass is 1210 g/mol. The second-order valence-corrected chi connectivity index (χ2v) is 26.4. The van der Waals surface area contributed by atoms with Crippen molar-refractivity contribution in [1.82, 2.24) is 0 Å². The van der Waals surface area contributed by atoms with Crippen molar-refractivity contribution in [2.75, 3.05) is 0 Å². The summed E-state index contributed by atoms with van der Waals surface area (Å²) in [7, 11) is 0. The highest BCUT2D eigenvalue weighted by atomic mass is 16.3. The van der Waals surface area contributed by atoms with Gasteiger partial charge in [-0.2, -0.15) is 0 Å². The van der Waals surface area contributed by atoms with Crippen molar-refractivity contribution in [3.05, 3.63) is 315 Å². The Morgan fingerprint density at radius 1 is 0.146 bits per heavy atom. The summed E-state index contributed by atoms with van der Waals surface area (Å²) in [6.45, 7) is 0. The molecule has 0 spiro atoms. The first-order valence-electron chi connectivity index (χ1n) is 33.3. The molecule has 0 aliphatic carbocycles. The first kappa shape index (κ1) is 51.9. The molecule has 0 saturated carbocycles. The third kappa shape index (κ3) is 7.35. The van der Waals surface area contributed by atoms with Gasteiger partial charge < -0.3 is 8.83 Å². The molecular formula is C94H52O2. The van der Waals surface area contributed by atoms with Crippen LogP contribution in [0.25, 0.3) is 229 Å². The van der Waals surface area contributed by atoms with Gasteiger partial charge in [0.1, 0.15) is 22.3 Å². The summed E-state index contributed by atoms with van der Waals surface area (Å²) in [5, 5.41) is 34.2. The van der Waals surface area contributed by atoms with Crippen LogP contribution in [0.4, 0.5) is 0 Å². The van der Waals surface area contributed by atoms with Crippen LogP contribution in [0.15, 0.2) is 324 Å². The second-order valence-electron chi connectivity index (χ2n) is 26.4. The summed E-state index contributed by atoms with van der Waals surface area (Å²) in [6, 6.07) is 118. The van der Waals surface area contributed by atoms with Crippen LogP contribution in [0.3, 0.4) is 0 Å². The molecule has 0 fully saturated rings. The predicted molar refractivity (Wildman–Crippen MR) is 409 cm³/mol. The fourth-order valence-corrected chi connectivity index (χ4v) is 17.2. The molecule has 2 aromatic heterocycles. The third-order valence-corrected chi connectivity index (χ3v) is 21.5. The Balaban J connectivity index is 0.654. The van der Waals surface area contributed by atoms with E-state index < -0.39 is 0 Å². The zero-order chi connectivity index (χ0) is 62.4. The van der Waals surface area contributed by atoms with Gasteiger partial charge in [0.25, 0.3) is 0 Å². The molecule has 0 aliphatic rings. The topological polar surface area (TPSA) is 26.3 Å². The number of furan rings is 2. The Bertz CT molecular complexity index is 7070. The number of hydrogen-bond donors (Lipinski definition) is 0. The van der Waals surface area contributed by atoms with Crippen molar-refractivity contribution in [3.8, 4) is 55.6 Å². The Kier molecular flexibility index (Phi) is 10.5. The van der Waals surface area contributed by atoms with Gasteiger partial charge in [-0.15, -0.1) is 0 Å². The molecule has 0 saturated heterocycles. The smallest absolute Gasteiger partial charge is 0.136 e. The van der Waals surface area contributed by atoms with Crippen LogP contribution in [0.1, 0.15) is 0 Å². The van der Waals surface area contributed by atoms with Gasteiger partial charge in [-0.25, -0.2) is 0 Å². The van der Waals surface area contributed by atoms with E-state index in [-0.39, 0.29) is 0 Å². The standard InChI is InChI=1S/C94H52O2/c1-2-15-57-51-87-83(46-56(57)14-1)81-49-62(36-42-85(81)95-87)91-71-22-7-5-20-69(71)90(70-21-6-8-23-72(70)91)61-35-39-67-65-18-3-4-19-66(65)79-45-59(34-38-68(79)80(67)48-61)58-30-31-60-47-84-82-50-63(37-43-86(82)96-88(84)52-64(60)44-58)92-73-24-9-11-26-75(73)94(76-27-12-10-25-74(76)92)78-41-33-55-29-28-53-16-13-17-54-32-40-77(78)93(55)89(53)54/h1-52H. The quantitative estimate of drug-likeness (QED) is 0.127. The molecule has 0 radical (unpaired) electrons. The highest BCUT2D eigenvalue weighted by molar-refractivity contribution is 6.31. The van der Waals surface area contributed by atoms with E-state index in [2.05, 4.69) is 315 Å². The van der Waals surface area contributed by atoms with E-state index in [0.29, 0.717) is 0 Å². The summed E-state index contributed by atoms with van der Waals surface area (Å²) in [5.41, 5.74) is 15.7. The predicted octanol–water partition coefficient (Wildman–Crippen LogP) is 27.1. The molecular weight excluding hydrogens is 1160 g/mol. The molecule has 0 atom stereocenters. The van der Waals surface area contributed by atoms with E-state index in [1.54, 1.807) is 0 Å².